The second kappa shape index (κ2) is 6.04. The van der Waals surface area contributed by atoms with Gasteiger partial charge in [-0.1, -0.05) is 18.2 Å². The Hall–Kier alpha value is -3.34. The van der Waals surface area contributed by atoms with Gasteiger partial charge in [0.2, 0.25) is 0 Å². The normalized spacial score (nSPS) is 10.5. The molecule has 3 aromatic carbocycles. The summed E-state index contributed by atoms with van der Waals surface area (Å²) in [5.74, 6) is -1.80. The lowest BCUT2D eigenvalue weighted by atomic mass is 10.0. The number of phenols is 1. The second-order valence-corrected chi connectivity index (χ2v) is 5.56. The highest BCUT2D eigenvalue weighted by Gasteiger charge is 2.13. The summed E-state index contributed by atoms with van der Waals surface area (Å²) in [5, 5.41) is 22.8. The number of carbonyl (C=O) groups excluding carboxylic acids is 1. The smallest absolute Gasteiger partial charge is 0.339 e. The third-order valence-electron chi connectivity index (χ3n) is 3.72. The highest BCUT2D eigenvalue weighted by Crippen LogP contribution is 2.26. The van der Waals surface area contributed by atoms with Crippen molar-refractivity contribution in [1.82, 2.24) is 0 Å². The third kappa shape index (κ3) is 3.05. The molecule has 5 heteroatoms. The number of carboxylic acids is 1. The zero-order chi connectivity index (χ0) is 17.3. The van der Waals surface area contributed by atoms with E-state index in [0.29, 0.717) is 22.0 Å². The van der Waals surface area contributed by atoms with Crippen LogP contribution in [0.3, 0.4) is 0 Å². The van der Waals surface area contributed by atoms with Gasteiger partial charge in [0.05, 0.1) is 0 Å². The molecule has 0 saturated carbocycles. The van der Waals surface area contributed by atoms with Gasteiger partial charge >= 0.3 is 5.97 Å². The summed E-state index contributed by atoms with van der Waals surface area (Å²) in [6, 6.07) is 15.1. The van der Waals surface area contributed by atoms with E-state index in [1.54, 1.807) is 24.3 Å². The Morgan fingerprint density at radius 2 is 1.75 bits per heavy atom. The van der Waals surface area contributed by atoms with Crippen LogP contribution in [0, 0.1) is 6.92 Å². The lowest BCUT2D eigenvalue weighted by molar-refractivity contribution is 0.0693. The zero-order valence-corrected chi connectivity index (χ0v) is 12.9. The van der Waals surface area contributed by atoms with Crippen molar-refractivity contribution in [2.75, 3.05) is 5.32 Å². The molecule has 0 spiro atoms. The number of amides is 1. The third-order valence-corrected chi connectivity index (χ3v) is 3.72. The molecule has 0 fully saturated rings. The molecule has 0 unspecified atom stereocenters. The highest BCUT2D eigenvalue weighted by atomic mass is 16.4. The van der Waals surface area contributed by atoms with Crippen molar-refractivity contribution in [3.63, 3.8) is 0 Å². The number of hydrogen-bond donors (Lipinski definition) is 3. The van der Waals surface area contributed by atoms with Crippen molar-refractivity contribution in [2.24, 2.45) is 0 Å². The van der Waals surface area contributed by atoms with Crippen LogP contribution in [0.4, 0.5) is 5.69 Å². The lowest BCUT2D eigenvalue weighted by Gasteiger charge is -2.08. The van der Waals surface area contributed by atoms with Crippen molar-refractivity contribution in [3.05, 3.63) is 71.3 Å². The van der Waals surface area contributed by atoms with E-state index in [4.69, 9.17) is 5.11 Å². The van der Waals surface area contributed by atoms with Crippen molar-refractivity contribution >= 4 is 28.3 Å². The number of anilines is 1. The summed E-state index contributed by atoms with van der Waals surface area (Å²) >= 11 is 0. The van der Waals surface area contributed by atoms with Gasteiger partial charge in [-0.3, -0.25) is 4.79 Å². The molecule has 3 N–H and O–H groups in total. The van der Waals surface area contributed by atoms with Crippen LogP contribution in [0.15, 0.2) is 54.6 Å². The number of carbonyl (C=O) groups is 2. The fourth-order valence-corrected chi connectivity index (χ4v) is 2.52. The predicted molar refractivity (Wildman–Crippen MR) is 91.7 cm³/mol. The van der Waals surface area contributed by atoms with Crippen molar-refractivity contribution < 1.29 is 19.8 Å². The molecule has 0 aliphatic heterocycles. The molecule has 0 bridgehead atoms. The lowest BCUT2D eigenvalue weighted by Crippen LogP contribution is -2.11. The Labute approximate surface area is 138 Å². The zero-order valence-electron chi connectivity index (χ0n) is 12.9. The molecular formula is C19H15NO4. The fraction of sp³-hybridized carbons (Fsp3) is 0.0526. The first kappa shape index (κ1) is 15.6. The minimum Gasteiger partial charge on any atom is -0.507 e. The van der Waals surface area contributed by atoms with E-state index < -0.39 is 5.97 Å². The van der Waals surface area contributed by atoms with Gasteiger partial charge in [-0.05, 0) is 59.7 Å². The molecule has 24 heavy (non-hydrogen) atoms. The van der Waals surface area contributed by atoms with Gasteiger partial charge in [0.1, 0.15) is 11.3 Å². The van der Waals surface area contributed by atoms with Gasteiger partial charge in [0.15, 0.2) is 0 Å². The maximum absolute atomic E-state index is 12.4. The van der Waals surface area contributed by atoms with Crippen LogP contribution in [0.1, 0.15) is 26.3 Å². The first-order valence-corrected chi connectivity index (χ1v) is 7.32. The number of nitrogens with one attached hydrogen (secondary N) is 1. The molecule has 0 atom stereocenters. The molecule has 3 aromatic rings. The van der Waals surface area contributed by atoms with Crippen molar-refractivity contribution in [3.8, 4) is 5.75 Å². The average molecular weight is 321 g/mol. The van der Waals surface area contributed by atoms with E-state index in [0.717, 1.165) is 5.56 Å². The van der Waals surface area contributed by atoms with Crippen LogP contribution < -0.4 is 5.32 Å². The first-order chi connectivity index (χ1) is 11.4. The quantitative estimate of drug-likeness (QED) is 0.685. The minimum absolute atomic E-state index is 0.196. The fourth-order valence-electron chi connectivity index (χ4n) is 2.52. The number of aromatic carboxylic acids is 1. The van der Waals surface area contributed by atoms with Crippen LogP contribution in [0.5, 0.6) is 5.75 Å². The van der Waals surface area contributed by atoms with Gasteiger partial charge in [-0.15, -0.1) is 0 Å². The largest absolute Gasteiger partial charge is 0.507 e. The average Bonchev–Trinajstić information content (AvgIpc) is 2.53. The minimum atomic E-state index is -1.22. The Bertz CT molecular complexity index is 963. The molecule has 0 aliphatic carbocycles. The number of aryl methyl sites for hydroxylation is 1. The van der Waals surface area contributed by atoms with Gasteiger partial charge in [-0.2, -0.15) is 0 Å². The number of aromatic hydroxyl groups is 1. The van der Waals surface area contributed by atoms with E-state index in [-0.39, 0.29) is 17.2 Å². The van der Waals surface area contributed by atoms with Crippen LogP contribution in [0.25, 0.3) is 10.8 Å². The molecule has 0 aliphatic rings. The van der Waals surface area contributed by atoms with Gasteiger partial charge < -0.3 is 15.5 Å². The molecule has 0 radical (unpaired) electrons. The Balaban J connectivity index is 1.96. The van der Waals surface area contributed by atoms with Crippen LogP contribution in [-0.4, -0.2) is 22.1 Å². The van der Waals surface area contributed by atoms with Gasteiger partial charge in [0.25, 0.3) is 5.91 Å². The predicted octanol–water partition coefficient (Wildman–Crippen LogP) is 3.80. The monoisotopic (exact) mass is 321 g/mol. The molecule has 0 saturated heterocycles. The Morgan fingerprint density at radius 1 is 0.958 bits per heavy atom. The van der Waals surface area contributed by atoms with E-state index in [9.17, 15) is 14.7 Å². The van der Waals surface area contributed by atoms with Gasteiger partial charge in [0, 0.05) is 11.3 Å². The summed E-state index contributed by atoms with van der Waals surface area (Å²) in [6.45, 7) is 1.94. The summed E-state index contributed by atoms with van der Waals surface area (Å²) < 4.78 is 0. The molecule has 1 amide bonds. The topological polar surface area (TPSA) is 86.6 Å². The van der Waals surface area contributed by atoms with E-state index in [2.05, 4.69) is 5.32 Å². The Kier molecular flexibility index (Phi) is 3.92. The van der Waals surface area contributed by atoms with E-state index in [1.807, 2.05) is 25.1 Å². The number of benzene rings is 3. The molecule has 5 nitrogen and oxygen atoms in total. The van der Waals surface area contributed by atoms with Gasteiger partial charge in [-0.25, -0.2) is 4.79 Å². The summed E-state index contributed by atoms with van der Waals surface area (Å²) in [6.07, 6.45) is 0. The summed E-state index contributed by atoms with van der Waals surface area (Å²) in [5.41, 5.74) is 1.94. The van der Waals surface area contributed by atoms with Crippen LogP contribution in [-0.2, 0) is 0 Å². The standard InChI is InChI=1S/C19H15NO4/c1-11-3-2-4-15(7-11)20-18(22)13-6-5-12-10-17(21)16(19(23)24)9-14(12)8-13/h2-10,21H,1H3,(H,20,22)(H,23,24). The highest BCUT2D eigenvalue weighted by molar-refractivity contribution is 6.07. The number of hydrogen-bond acceptors (Lipinski definition) is 3. The summed E-state index contributed by atoms with van der Waals surface area (Å²) in [7, 11) is 0. The van der Waals surface area contributed by atoms with E-state index in [1.165, 1.54) is 12.1 Å². The second-order valence-electron chi connectivity index (χ2n) is 5.56. The number of fused-ring (bicyclic) bond motifs is 1. The summed E-state index contributed by atoms with van der Waals surface area (Å²) in [4.78, 5) is 23.5. The van der Waals surface area contributed by atoms with Crippen molar-refractivity contribution in [1.29, 1.82) is 0 Å². The molecule has 3 rings (SSSR count). The number of rotatable bonds is 3. The van der Waals surface area contributed by atoms with Crippen molar-refractivity contribution in [2.45, 2.75) is 6.92 Å². The maximum Gasteiger partial charge on any atom is 0.339 e. The SMILES string of the molecule is Cc1cccc(NC(=O)c2ccc3cc(O)c(C(=O)O)cc3c2)c1. The number of carboxylic acid groups (broad SMARTS) is 1. The maximum atomic E-state index is 12.4. The molecule has 120 valence electrons. The molecule has 0 aromatic heterocycles. The molecule has 0 heterocycles. The first-order valence-electron chi connectivity index (χ1n) is 7.32. The Morgan fingerprint density at radius 3 is 2.46 bits per heavy atom. The van der Waals surface area contributed by atoms with Crippen LogP contribution in [0.2, 0.25) is 0 Å². The van der Waals surface area contributed by atoms with Crippen LogP contribution >= 0.6 is 0 Å². The van der Waals surface area contributed by atoms with E-state index >= 15 is 0 Å². The molecular weight excluding hydrogens is 306 g/mol.